The molecule has 1 N–H and O–H groups in total. The van der Waals surface area contributed by atoms with Crippen molar-refractivity contribution in [3.05, 3.63) is 61.7 Å². The second kappa shape index (κ2) is 5.50. The van der Waals surface area contributed by atoms with Crippen molar-refractivity contribution in [3.63, 3.8) is 0 Å². The molecule has 2 heterocycles. The second-order valence-corrected chi connectivity index (χ2v) is 6.08. The van der Waals surface area contributed by atoms with Gasteiger partial charge in [0.15, 0.2) is 0 Å². The predicted molar refractivity (Wildman–Crippen MR) is 81.6 cm³/mol. The summed E-state index contributed by atoms with van der Waals surface area (Å²) in [6.07, 6.45) is 0.841. The highest BCUT2D eigenvalue weighted by Gasteiger charge is 2.20. The molecule has 0 bridgehead atoms. The molecular weight excluding hydrogens is 318 g/mol. The Balaban J connectivity index is 1.81. The normalized spacial score (nSPS) is 15.1. The lowest BCUT2D eigenvalue weighted by Gasteiger charge is -2.27. The van der Waals surface area contributed by atoms with Crippen molar-refractivity contribution in [2.45, 2.75) is 26.4 Å². The van der Waals surface area contributed by atoms with Crippen LogP contribution in [0.4, 0.5) is 0 Å². The van der Waals surface area contributed by atoms with Crippen LogP contribution in [0.1, 0.15) is 22.6 Å². The summed E-state index contributed by atoms with van der Waals surface area (Å²) >= 11 is 3.49. The van der Waals surface area contributed by atoms with Crippen LogP contribution in [0, 0.1) is 6.92 Å². The van der Waals surface area contributed by atoms with Crippen LogP contribution in [-0.2, 0) is 19.5 Å². The van der Waals surface area contributed by atoms with E-state index in [0.717, 1.165) is 35.2 Å². The molecule has 0 radical (unpaired) electrons. The summed E-state index contributed by atoms with van der Waals surface area (Å²) < 4.78 is 1.09. The van der Waals surface area contributed by atoms with E-state index in [2.05, 4.69) is 42.9 Å². The summed E-state index contributed by atoms with van der Waals surface area (Å²) in [5.74, 6) is 0.703. The summed E-state index contributed by atoms with van der Waals surface area (Å²) in [6, 6.07) is 8.28. The standard InChI is InChI=1S/C15H16BrN3O/c1-10-17-14-5-6-19(9-13(14)15(20)18-10)8-11-3-2-4-12(16)7-11/h2-4,7H,5-6,8-9H2,1H3,(H,17,18,20). The lowest BCUT2D eigenvalue weighted by molar-refractivity contribution is 0.241. The van der Waals surface area contributed by atoms with E-state index in [9.17, 15) is 4.79 Å². The van der Waals surface area contributed by atoms with E-state index in [1.807, 2.05) is 19.1 Å². The summed E-state index contributed by atoms with van der Waals surface area (Å²) in [7, 11) is 0. The molecule has 0 unspecified atom stereocenters. The van der Waals surface area contributed by atoms with E-state index < -0.39 is 0 Å². The summed E-state index contributed by atoms with van der Waals surface area (Å²) in [4.78, 5) is 21.5. The third-order valence-electron chi connectivity index (χ3n) is 3.56. The maximum Gasteiger partial charge on any atom is 0.255 e. The van der Waals surface area contributed by atoms with E-state index in [1.165, 1.54) is 5.56 Å². The number of halogens is 1. The van der Waals surface area contributed by atoms with Crippen molar-refractivity contribution in [1.29, 1.82) is 0 Å². The molecule has 4 nitrogen and oxygen atoms in total. The lowest BCUT2D eigenvalue weighted by atomic mass is 10.1. The van der Waals surface area contributed by atoms with Gasteiger partial charge in [-0.2, -0.15) is 0 Å². The summed E-state index contributed by atoms with van der Waals surface area (Å²) in [6.45, 7) is 4.29. The summed E-state index contributed by atoms with van der Waals surface area (Å²) in [5.41, 5.74) is 3.03. The Bertz CT molecular complexity index is 696. The number of rotatable bonds is 2. The number of nitrogens with zero attached hydrogens (tertiary/aromatic N) is 2. The quantitative estimate of drug-likeness (QED) is 0.918. The Morgan fingerprint density at radius 2 is 2.30 bits per heavy atom. The molecule has 3 rings (SSSR count). The molecule has 0 aliphatic carbocycles. The van der Waals surface area contributed by atoms with E-state index in [0.29, 0.717) is 12.4 Å². The fourth-order valence-corrected chi connectivity index (χ4v) is 3.08. The average Bonchev–Trinajstić information content (AvgIpc) is 2.39. The number of nitrogens with one attached hydrogen (secondary N) is 1. The molecule has 0 spiro atoms. The van der Waals surface area contributed by atoms with E-state index in [1.54, 1.807) is 0 Å². The first-order chi connectivity index (χ1) is 9.61. The third-order valence-corrected chi connectivity index (χ3v) is 4.05. The molecular formula is C15H16BrN3O. The first-order valence-electron chi connectivity index (χ1n) is 6.67. The van der Waals surface area contributed by atoms with Gasteiger partial charge in [-0.1, -0.05) is 28.1 Å². The number of aromatic nitrogens is 2. The minimum absolute atomic E-state index is 0.00597. The van der Waals surface area contributed by atoms with Crippen molar-refractivity contribution in [2.24, 2.45) is 0 Å². The molecule has 20 heavy (non-hydrogen) atoms. The van der Waals surface area contributed by atoms with Crippen LogP contribution in [0.2, 0.25) is 0 Å². The van der Waals surface area contributed by atoms with Crippen LogP contribution in [0.25, 0.3) is 0 Å². The number of fused-ring (bicyclic) bond motifs is 1. The van der Waals surface area contributed by atoms with Gasteiger partial charge in [0.05, 0.1) is 11.3 Å². The van der Waals surface area contributed by atoms with Gasteiger partial charge in [-0.15, -0.1) is 0 Å². The zero-order valence-corrected chi connectivity index (χ0v) is 12.9. The van der Waals surface area contributed by atoms with E-state index in [4.69, 9.17) is 0 Å². The Morgan fingerprint density at radius 3 is 3.10 bits per heavy atom. The second-order valence-electron chi connectivity index (χ2n) is 5.17. The maximum absolute atomic E-state index is 12.0. The Kier molecular flexibility index (Phi) is 3.72. The molecule has 0 atom stereocenters. The molecule has 1 aromatic carbocycles. The van der Waals surface area contributed by atoms with Crippen LogP contribution < -0.4 is 5.56 Å². The molecule has 0 fully saturated rings. The van der Waals surface area contributed by atoms with Gasteiger partial charge in [0.1, 0.15) is 5.82 Å². The monoisotopic (exact) mass is 333 g/mol. The molecule has 5 heteroatoms. The van der Waals surface area contributed by atoms with Crippen molar-refractivity contribution < 1.29 is 0 Å². The van der Waals surface area contributed by atoms with Crippen LogP contribution in [0.15, 0.2) is 33.5 Å². The number of aryl methyl sites for hydroxylation is 1. The highest BCUT2D eigenvalue weighted by Crippen LogP contribution is 2.18. The minimum Gasteiger partial charge on any atom is -0.310 e. The fraction of sp³-hybridized carbons (Fsp3) is 0.333. The molecule has 1 aliphatic rings. The van der Waals surface area contributed by atoms with Gasteiger partial charge in [0, 0.05) is 30.5 Å². The zero-order valence-electron chi connectivity index (χ0n) is 11.3. The first-order valence-corrected chi connectivity index (χ1v) is 7.46. The average molecular weight is 334 g/mol. The zero-order chi connectivity index (χ0) is 14.1. The van der Waals surface area contributed by atoms with Crippen LogP contribution in [0.3, 0.4) is 0 Å². The number of benzene rings is 1. The van der Waals surface area contributed by atoms with Gasteiger partial charge in [-0.05, 0) is 24.6 Å². The molecule has 0 amide bonds. The van der Waals surface area contributed by atoms with Crippen molar-refractivity contribution in [2.75, 3.05) is 6.54 Å². The predicted octanol–water partition coefficient (Wildman–Crippen LogP) is 2.40. The van der Waals surface area contributed by atoms with Gasteiger partial charge >= 0.3 is 0 Å². The minimum atomic E-state index is 0.00597. The molecule has 1 aliphatic heterocycles. The third kappa shape index (κ3) is 2.83. The van der Waals surface area contributed by atoms with Crippen molar-refractivity contribution >= 4 is 15.9 Å². The number of hydrogen-bond donors (Lipinski definition) is 1. The van der Waals surface area contributed by atoms with Gasteiger partial charge < -0.3 is 4.98 Å². The molecule has 2 aromatic rings. The van der Waals surface area contributed by atoms with E-state index in [-0.39, 0.29) is 5.56 Å². The summed E-state index contributed by atoms with van der Waals surface area (Å²) in [5, 5.41) is 0. The number of H-pyrrole nitrogens is 1. The molecule has 0 saturated heterocycles. The van der Waals surface area contributed by atoms with Crippen molar-refractivity contribution in [1.82, 2.24) is 14.9 Å². The van der Waals surface area contributed by atoms with Crippen molar-refractivity contribution in [3.8, 4) is 0 Å². The number of aromatic amines is 1. The fourth-order valence-electron chi connectivity index (χ4n) is 2.63. The highest BCUT2D eigenvalue weighted by molar-refractivity contribution is 9.10. The van der Waals surface area contributed by atoms with Crippen LogP contribution in [-0.4, -0.2) is 21.4 Å². The van der Waals surface area contributed by atoms with Gasteiger partial charge in [0.2, 0.25) is 0 Å². The number of hydrogen-bond acceptors (Lipinski definition) is 3. The smallest absolute Gasteiger partial charge is 0.255 e. The highest BCUT2D eigenvalue weighted by atomic mass is 79.9. The molecule has 1 aromatic heterocycles. The Hall–Kier alpha value is -1.46. The van der Waals surface area contributed by atoms with Crippen LogP contribution >= 0.6 is 15.9 Å². The van der Waals surface area contributed by atoms with E-state index >= 15 is 0 Å². The Morgan fingerprint density at radius 1 is 1.45 bits per heavy atom. The molecule has 0 saturated carbocycles. The lowest BCUT2D eigenvalue weighted by Crippen LogP contribution is -2.35. The van der Waals surface area contributed by atoms with Gasteiger partial charge in [-0.25, -0.2) is 4.98 Å². The first kappa shape index (κ1) is 13.5. The SMILES string of the molecule is Cc1nc2c(c(=O)[nH]1)CN(Cc1cccc(Br)c1)CC2. The maximum atomic E-state index is 12.0. The van der Waals surface area contributed by atoms with Crippen LogP contribution in [0.5, 0.6) is 0 Å². The Labute approximate surface area is 126 Å². The molecule has 104 valence electrons. The van der Waals surface area contributed by atoms with Gasteiger partial charge in [-0.3, -0.25) is 9.69 Å². The van der Waals surface area contributed by atoms with Gasteiger partial charge in [0.25, 0.3) is 5.56 Å². The topological polar surface area (TPSA) is 49.0 Å². The largest absolute Gasteiger partial charge is 0.310 e.